The first-order valence-electron chi connectivity index (χ1n) is 7.02. The van der Waals surface area contributed by atoms with Gasteiger partial charge in [0, 0.05) is 22.8 Å². The first kappa shape index (κ1) is 17.1. The average molecular weight is 341 g/mol. The zero-order valence-corrected chi connectivity index (χ0v) is 13.5. The quantitative estimate of drug-likeness (QED) is 0.822. The first-order valence-corrected chi connectivity index (χ1v) is 7.90. The molecule has 2 N–H and O–H groups in total. The van der Waals surface area contributed by atoms with Crippen LogP contribution in [-0.4, -0.2) is 17.6 Å². The van der Waals surface area contributed by atoms with Crippen molar-refractivity contribution in [2.45, 2.75) is 32.9 Å². The number of hydrogen-bond acceptors (Lipinski definition) is 4. The summed E-state index contributed by atoms with van der Waals surface area (Å²) in [6, 6.07) is 3.96. The van der Waals surface area contributed by atoms with E-state index in [0.717, 1.165) is 5.01 Å². The van der Waals surface area contributed by atoms with Gasteiger partial charge >= 0.3 is 12.6 Å². The number of nitrogens with zero attached hydrogens (tertiary/aromatic N) is 1. The van der Waals surface area contributed by atoms with Crippen molar-refractivity contribution in [3.8, 4) is 5.75 Å². The molecule has 0 fully saturated rings. The molecule has 1 heterocycles. The molecular weight excluding hydrogens is 324 g/mol. The Kier molecular flexibility index (Phi) is 5.86. The molecule has 0 radical (unpaired) electrons. The predicted molar refractivity (Wildman–Crippen MR) is 85.1 cm³/mol. The van der Waals surface area contributed by atoms with Crippen LogP contribution >= 0.6 is 11.3 Å². The standard InChI is InChI=1S/C15H17F2N3O2S/c1-3-10(13-18-7-8-23-13)19-15(21)20-11-5-4-6-12(9(11)2)22-14(16)17/h4-8,10,14H,3H2,1-2H3,(H2,19,20,21)/t10-/m1/s1. The van der Waals surface area contributed by atoms with Gasteiger partial charge in [-0.3, -0.25) is 0 Å². The van der Waals surface area contributed by atoms with Gasteiger partial charge in [0.1, 0.15) is 10.8 Å². The summed E-state index contributed by atoms with van der Waals surface area (Å²) >= 11 is 1.46. The van der Waals surface area contributed by atoms with E-state index >= 15 is 0 Å². The summed E-state index contributed by atoms with van der Waals surface area (Å²) in [6.45, 7) is 0.632. The third-order valence-electron chi connectivity index (χ3n) is 3.21. The zero-order valence-electron chi connectivity index (χ0n) is 12.7. The second kappa shape index (κ2) is 7.87. The molecule has 8 heteroatoms. The van der Waals surface area contributed by atoms with E-state index in [9.17, 15) is 13.6 Å². The van der Waals surface area contributed by atoms with Crippen LogP contribution in [0.3, 0.4) is 0 Å². The van der Waals surface area contributed by atoms with Crippen LogP contribution in [0.5, 0.6) is 5.75 Å². The van der Waals surface area contributed by atoms with Crippen LogP contribution in [-0.2, 0) is 0 Å². The molecule has 1 aromatic heterocycles. The Morgan fingerprint density at radius 3 is 2.83 bits per heavy atom. The van der Waals surface area contributed by atoms with Crippen LogP contribution in [0, 0.1) is 6.92 Å². The Bertz CT molecular complexity index is 650. The predicted octanol–water partition coefficient (Wildman–Crippen LogP) is 4.33. The monoisotopic (exact) mass is 341 g/mol. The molecule has 1 aromatic carbocycles. The first-order chi connectivity index (χ1) is 11.0. The van der Waals surface area contributed by atoms with E-state index in [2.05, 4.69) is 20.4 Å². The highest BCUT2D eigenvalue weighted by Gasteiger charge is 2.16. The van der Waals surface area contributed by atoms with Gasteiger partial charge in [0.25, 0.3) is 0 Å². The highest BCUT2D eigenvalue weighted by molar-refractivity contribution is 7.09. The fourth-order valence-corrected chi connectivity index (χ4v) is 2.81. The summed E-state index contributed by atoms with van der Waals surface area (Å²) < 4.78 is 29.1. The van der Waals surface area contributed by atoms with Crippen molar-refractivity contribution in [2.24, 2.45) is 0 Å². The number of hydrogen-bond donors (Lipinski definition) is 2. The SMILES string of the molecule is CC[C@@H](NC(=O)Nc1cccc(OC(F)F)c1C)c1nccs1. The number of anilines is 1. The number of aromatic nitrogens is 1. The maximum Gasteiger partial charge on any atom is 0.387 e. The molecule has 0 aliphatic heterocycles. The molecule has 0 aliphatic rings. The lowest BCUT2D eigenvalue weighted by Gasteiger charge is -2.17. The van der Waals surface area contributed by atoms with Gasteiger partial charge in [-0.25, -0.2) is 9.78 Å². The molecule has 0 saturated carbocycles. The maximum atomic E-state index is 12.3. The summed E-state index contributed by atoms with van der Waals surface area (Å²) in [5, 5.41) is 8.12. The molecule has 2 aromatic rings. The summed E-state index contributed by atoms with van der Waals surface area (Å²) in [5.41, 5.74) is 0.847. The highest BCUT2D eigenvalue weighted by atomic mass is 32.1. The van der Waals surface area contributed by atoms with E-state index in [4.69, 9.17) is 0 Å². The van der Waals surface area contributed by atoms with Gasteiger partial charge in [-0.1, -0.05) is 13.0 Å². The minimum absolute atomic E-state index is 0.0322. The summed E-state index contributed by atoms with van der Waals surface area (Å²) in [6.07, 6.45) is 2.37. The summed E-state index contributed by atoms with van der Waals surface area (Å²) in [4.78, 5) is 16.3. The van der Waals surface area contributed by atoms with Crippen molar-refractivity contribution in [1.29, 1.82) is 0 Å². The van der Waals surface area contributed by atoms with E-state index in [1.54, 1.807) is 25.3 Å². The molecule has 124 valence electrons. The number of amides is 2. The lowest BCUT2D eigenvalue weighted by molar-refractivity contribution is -0.0502. The molecule has 0 bridgehead atoms. The number of carbonyl (C=O) groups excluding carboxylic acids is 1. The minimum Gasteiger partial charge on any atom is -0.434 e. The molecule has 1 atom stereocenters. The fourth-order valence-electron chi connectivity index (χ4n) is 2.04. The van der Waals surface area contributed by atoms with Crippen LogP contribution in [0.4, 0.5) is 19.3 Å². The topological polar surface area (TPSA) is 63.2 Å². The molecule has 0 unspecified atom stereocenters. The van der Waals surface area contributed by atoms with Gasteiger partial charge in [0.15, 0.2) is 0 Å². The number of alkyl halides is 2. The molecule has 2 rings (SSSR count). The Balaban J connectivity index is 2.05. The lowest BCUT2D eigenvalue weighted by Crippen LogP contribution is -2.32. The molecule has 5 nitrogen and oxygen atoms in total. The Morgan fingerprint density at radius 1 is 1.43 bits per heavy atom. The molecule has 0 spiro atoms. The molecular formula is C15H17F2N3O2S. The van der Waals surface area contributed by atoms with Crippen molar-refractivity contribution in [3.05, 3.63) is 40.3 Å². The third kappa shape index (κ3) is 4.62. The van der Waals surface area contributed by atoms with Gasteiger partial charge < -0.3 is 15.4 Å². The Labute approximate surface area is 136 Å². The van der Waals surface area contributed by atoms with E-state index in [1.165, 1.54) is 17.4 Å². The van der Waals surface area contributed by atoms with E-state index in [1.807, 2.05) is 12.3 Å². The van der Waals surface area contributed by atoms with Crippen LogP contribution in [0.2, 0.25) is 0 Å². The molecule has 23 heavy (non-hydrogen) atoms. The van der Waals surface area contributed by atoms with Gasteiger partial charge in [0.2, 0.25) is 0 Å². The van der Waals surface area contributed by atoms with Crippen molar-refractivity contribution in [2.75, 3.05) is 5.32 Å². The average Bonchev–Trinajstić information content (AvgIpc) is 3.02. The molecule has 0 saturated heterocycles. The van der Waals surface area contributed by atoms with Crippen molar-refractivity contribution < 1.29 is 18.3 Å². The van der Waals surface area contributed by atoms with Crippen LogP contribution < -0.4 is 15.4 Å². The fraction of sp³-hybridized carbons (Fsp3) is 0.333. The van der Waals surface area contributed by atoms with Gasteiger partial charge in [-0.2, -0.15) is 8.78 Å². The Morgan fingerprint density at radius 2 is 2.22 bits per heavy atom. The second-order valence-corrected chi connectivity index (χ2v) is 5.66. The van der Waals surface area contributed by atoms with E-state index in [0.29, 0.717) is 17.7 Å². The van der Waals surface area contributed by atoms with Crippen LogP contribution in [0.1, 0.15) is 30.0 Å². The minimum atomic E-state index is -2.91. The second-order valence-electron chi connectivity index (χ2n) is 4.74. The van der Waals surface area contributed by atoms with Gasteiger partial charge in [0.05, 0.1) is 6.04 Å². The largest absolute Gasteiger partial charge is 0.434 e. The number of benzene rings is 1. The number of thiazole rings is 1. The number of ether oxygens (including phenoxy) is 1. The third-order valence-corrected chi connectivity index (χ3v) is 4.10. The van der Waals surface area contributed by atoms with Gasteiger partial charge in [-0.15, -0.1) is 11.3 Å². The van der Waals surface area contributed by atoms with Crippen LogP contribution in [0.25, 0.3) is 0 Å². The van der Waals surface area contributed by atoms with Crippen molar-refractivity contribution in [1.82, 2.24) is 10.3 Å². The number of rotatable bonds is 6. The van der Waals surface area contributed by atoms with Gasteiger partial charge in [-0.05, 0) is 25.5 Å². The summed E-state index contributed by atoms with van der Waals surface area (Å²) in [5.74, 6) is 0.0322. The normalized spacial score (nSPS) is 12.0. The number of urea groups is 1. The van der Waals surface area contributed by atoms with Crippen LogP contribution in [0.15, 0.2) is 29.8 Å². The van der Waals surface area contributed by atoms with Crippen molar-refractivity contribution in [3.63, 3.8) is 0 Å². The smallest absolute Gasteiger partial charge is 0.387 e. The Hall–Kier alpha value is -2.22. The molecule has 0 aliphatic carbocycles. The molecule has 2 amide bonds. The van der Waals surface area contributed by atoms with Crippen molar-refractivity contribution >= 4 is 23.1 Å². The maximum absolute atomic E-state index is 12.3. The van der Waals surface area contributed by atoms with E-state index in [-0.39, 0.29) is 11.8 Å². The number of halogens is 2. The highest BCUT2D eigenvalue weighted by Crippen LogP contribution is 2.27. The number of nitrogens with one attached hydrogen (secondary N) is 2. The van der Waals surface area contributed by atoms with E-state index < -0.39 is 12.6 Å². The number of carbonyl (C=O) groups is 1. The summed E-state index contributed by atoms with van der Waals surface area (Å²) in [7, 11) is 0. The zero-order chi connectivity index (χ0) is 16.8. The lowest BCUT2D eigenvalue weighted by atomic mass is 10.2.